The van der Waals surface area contributed by atoms with Gasteiger partial charge < -0.3 is 5.73 Å². The Morgan fingerprint density at radius 2 is 2.11 bits per heavy atom. The maximum Gasteiger partial charge on any atom is 0.0629 e. The third kappa shape index (κ3) is 3.41. The molecule has 1 atom stereocenters. The van der Waals surface area contributed by atoms with Gasteiger partial charge in [0.1, 0.15) is 0 Å². The first-order chi connectivity index (χ1) is 9.08. The van der Waals surface area contributed by atoms with Crippen LogP contribution in [0.1, 0.15) is 29.6 Å². The molecule has 0 bridgehead atoms. The van der Waals surface area contributed by atoms with E-state index in [1.54, 1.807) is 0 Å². The van der Waals surface area contributed by atoms with E-state index in [0.29, 0.717) is 0 Å². The predicted molar refractivity (Wildman–Crippen MR) is 77.0 cm³/mol. The van der Waals surface area contributed by atoms with Gasteiger partial charge in [0.05, 0.1) is 5.69 Å². The van der Waals surface area contributed by atoms with Gasteiger partial charge in [0, 0.05) is 36.6 Å². The summed E-state index contributed by atoms with van der Waals surface area (Å²) < 4.78 is 2.07. The van der Waals surface area contributed by atoms with E-state index in [4.69, 9.17) is 5.73 Å². The number of aryl methyl sites for hydroxylation is 3. The molecule has 0 aliphatic carbocycles. The second-order valence-corrected chi connectivity index (χ2v) is 5.12. The molecule has 1 unspecified atom stereocenters. The van der Waals surface area contributed by atoms with Crippen molar-refractivity contribution in [2.45, 2.75) is 46.2 Å². The maximum atomic E-state index is 5.89. The summed E-state index contributed by atoms with van der Waals surface area (Å²) in [5.74, 6) is 0. The van der Waals surface area contributed by atoms with E-state index in [-0.39, 0.29) is 6.04 Å². The lowest BCUT2D eigenvalue weighted by molar-refractivity contribution is 0.587. The summed E-state index contributed by atoms with van der Waals surface area (Å²) >= 11 is 0. The van der Waals surface area contributed by atoms with Gasteiger partial charge in [-0.05, 0) is 44.9 Å². The number of hydrogen-bond acceptors (Lipinski definition) is 3. The second-order valence-electron chi connectivity index (χ2n) is 5.12. The SMILES string of the molecule is Cc1nn(CCc2ccccn2)c(C)c1CC(C)N. The van der Waals surface area contributed by atoms with E-state index in [2.05, 4.69) is 34.7 Å². The van der Waals surface area contributed by atoms with Gasteiger partial charge in [-0.15, -0.1) is 0 Å². The van der Waals surface area contributed by atoms with Crippen molar-refractivity contribution in [3.63, 3.8) is 0 Å². The average molecular weight is 258 g/mol. The van der Waals surface area contributed by atoms with Gasteiger partial charge in [-0.3, -0.25) is 9.67 Å². The minimum Gasteiger partial charge on any atom is -0.328 e. The average Bonchev–Trinajstić information content (AvgIpc) is 2.65. The number of hydrogen-bond donors (Lipinski definition) is 1. The summed E-state index contributed by atoms with van der Waals surface area (Å²) in [5, 5.41) is 4.61. The van der Waals surface area contributed by atoms with Crippen LogP contribution in [-0.4, -0.2) is 20.8 Å². The molecule has 4 heteroatoms. The van der Waals surface area contributed by atoms with E-state index >= 15 is 0 Å². The number of nitrogens with two attached hydrogens (primary N) is 1. The number of rotatable bonds is 5. The van der Waals surface area contributed by atoms with Crippen molar-refractivity contribution in [3.8, 4) is 0 Å². The minimum atomic E-state index is 0.172. The molecule has 0 spiro atoms. The Morgan fingerprint density at radius 1 is 1.32 bits per heavy atom. The van der Waals surface area contributed by atoms with E-state index in [0.717, 1.165) is 30.8 Å². The fourth-order valence-electron chi connectivity index (χ4n) is 2.34. The fraction of sp³-hybridized carbons (Fsp3) is 0.467. The Kier molecular flexibility index (Phi) is 4.32. The van der Waals surface area contributed by atoms with Crippen molar-refractivity contribution in [1.29, 1.82) is 0 Å². The summed E-state index contributed by atoms with van der Waals surface area (Å²) in [5.41, 5.74) is 10.6. The number of pyridine rings is 1. The van der Waals surface area contributed by atoms with Gasteiger partial charge in [-0.2, -0.15) is 5.10 Å². The van der Waals surface area contributed by atoms with Crippen LogP contribution in [0.4, 0.5) is 0 Å². The van der Waals surface area contributed by atoms with Gasteiger partial charge >= 0.3 is 0 Å². The zero-order valence-electron chi connectivity index (χ0n) is 11.9. The summed E-state index contributed by atoms with van der Waals surface area (Å²) in [6.45, 7) is 7.07. The van der Waals surface area contributed by atoms with E-state index < -0.39 is 0 Å². The molecule has 0 aromatic carbocycles. The minimum absolute atomic E-state index is 0.172. The summed E-state index contributed by atoms with van der Waals surface area (Å²) in [7, 11) is 0. The Hall–Kier alpha value is -1.68. The molecule has 102 valence electrons. The third-order valence-corrected chi connectivity index (χ3v) is 3.36. The van der Waals surface area contributed by atoms with E-state index in [1.807, 2.05) is 25.3 Å². The van der Waals surface area contributed by atoms with Crippen molar-refractivity contribution in [1.82, 2.24) is 14.8 Å². The van der Waals surface area contributed by atoms with E-state index in [9.17, 15) is 0 Å². The molecule has 2 aromatic heterocycles. The van der Waals surface area contributed by atoms with Gasteiger partial charge in [0.25, 0.3) is 0 Å². The molecular weight excluding hydrogens is 236 g/mol. The maximum absolute atomic E-state index is 5.89. The molecule has 0 fully saturated rings. The normalized spacial score (nSPS) is 12.6. The van der Waals surface area contributed by atoms with Crippen LogP contribution in [0.2, 0.25) is 0 Å². The Balaban J connectivity index is 2.09. The van der Waals surface area contributed by atoms with Crippen molar-refractivity contribution in [2.24, 2.45) is 5.73 Å². The topological polar surface area (TPSA) is 56.7 Å². The first-order valence-corrected chi connectivity index (χ1v) is 6.76. The standard InChI is InChI=1S/C15H22N4/c1-11(16)10-15-12(2)18-19(13(15)3)9-7-14-6-4-5-8-17-14/h4-6,8,11H,7,9-10,16H2,1-3H3. The molecule has 19 heavy (non-hydrogen) atoms. The van der Waals surface area contributed by atoms with Gasteiger partial charge in [0.15, 0.2) is 0 Å². The van der Waals surface area contributed by atoms with Crippen molar-refractivity contribution in [2.75, 3.05) is 0 Å². The van der Waals surface area contributed by atoms with Crippen molar-refractivity contribution in [3.05, 3.63) is 47.0 Å². The largest absolute Gasteiger partial charge is 0.328 e. The Morgan fingerprint density at radius 3 is 2.74 bits per heavy atom. The van der Waals surface area contributed by atoms with Gasteiger partial charge in [-0.1, -0.05) is 6.07 Å². The van der Waals surface area contributed by atoms with Crippen LogP contribution in [0, 0.1) is 13.8 Å². The number of aromatic nitrogens is 3. The Labute approximate surface area is 114 Å². The predicted octanol–water partition coefficient (Wildman–Crippen LogP) is 2.03. The monoisotopic (exact) mass is 258 g/mol. The van der Waals surface area contributed by atoms with Crippen molar-refractivity contribution < 1.29 is 0 Å². The smallest absolute Gasteiger partial charge is 0.0629 e. The fourth-order valence-corrected chi connectivity index (χ4v) is 2.34. The highest BCUT2D eigenvalue weighted by Crippen LogP contribution is 2.15. The van der Waals surface area contributed by atoms with Crippen LogP contribution in [0.25, 0.3) is 0 Å². The number of nitrogens with zero attached hydrogens (tertiary/aromatic N) is 3. The summed E-state index contributed by atoms with van der Waals surface area (Å²) in [6, 6.07) is 6.18. The molecule has 0 saturated heterocycles. The van der Waals surface area contributed by atoms with E-state index in [1.165, 1.54) is 11.3 Å². The molecule has 0 radical (unpaired) electrons. The molecular formula is C15H22N4. The lowest BCUT2D eigenvalue weighted by atomic mass is 10.1. The molecule has 4 nitrogen and oxygen atoms in total. The van der Waals surface area contributed by atoms with Gasteiger partial charge in [-0.25, -0.2) is 0 Å². The molecule has 0 amide bonds. The lowest BCUT2D eigenvalue weighted by Gasteiger charge is -2.07. The molecule has 0 aliphatic heterocycles. The highest BCUT2D eigenvalue weighted by molar-refractivity contribution is 5.25. The zero-order chi connectivity index (χ0) is 13.8. The molecule has 0 saturated carbocycles. The molecule has 2 rings (SSSR count). The second kappa shape index (κ2) is 5.97. The lowest BCUT2D eigenvalue weighted by Crippen LogP contribution is -2.18. The summed E-state index contributed by atoms with van der Waals surface area (Å²) in [4.78, 5) is 4.34. The highest BCUT2D eigenvalue weighted by atomic mass is 15.3. The zero-order valence-corrected chi connectivity index (χ0v) is 11.9. The summed E-state index contributed by atoms with van der Waals surface area (Å²) in [6.07, 6.45) is 3.62. The van der Waals surface area contributed by atoms with Crippen LogP contribution >= 0.6 is 0 Å². The van der Waals surface area contributed by atoms with Crippen molar-refractivity contribution >= 4 is 0 Å². The first kappa shape index (κ1) is 13.7. The third-order valence-electron chi connectivity index (χ3n) is 3.36. The highest BCUT2D eigenvalue weighted by Gasteiger charge is 2.12. The molecule has 0 aliphatic rings. The molecule has 2 heterocycles. The van der Waals surface area contributed by atoms with Crippen LogP contribution in [0.3, 0.4) is 0 Å². The molecule has 2 aromatic rings. The molecule has 2 N–H and O–H groups in total. The van der Waals surface area contributed by atoms with Crippen LogP contribution in [-0.2, 0) is 19.4 Å². The van der Waals surface area contributed by atoms with Crippen LogP contribution in [0.15, 0.2) is 24.4 Å². The quantitative estimate of drug-likeness (QED) is 0.892. The first-order valence-electron chi connectivity index (χ1n) is 6.76. The van der Waals surface area contributed by atoms with Crippen LogP contribution in [0.5, 0.6) is 0 Å². The van der Waals surface area contributed by atoms with Gasteiger partial charge in [0.2, 0.25) is 0 Å². The van der Waals surface area contributed by atoms with Crippen LogP contribution < -0.4 is 5.73 Å². The Bertz CT molecular complexity index is 529.